The molecule has 0 radical (unpaired) electrons. The second kappa shape index (κ2) is 10.2. The fourth-order valence-electron chi connectivity index (χ4n) is 4.79. The second-order valence-corrected chi connectivity index (χ2v) is 8.89. The summed E-state index contributed by atoms with van der Waals surface area (Å²) in [5.74, 6) is 0.547. The molecule has 5 rings (SSSR count). The number of hydrogen-bond acceptors (Lipinski definition) is 5. The summed E-state index contributed by atoms with van der Waals surface area (Å²) in [5, 5.41) is 6.25. The van der Waals surface area contributed by atoms with Crippen LogP contribution in [-0.2, 0) is 4.74 Å². The summed E-state index contributed by atoms with van der Waals surface area (Å²) in [6.07, 6.45) is 0.914. The van der Waals surface area contributed by atoms with Crippen LogP contribution < -0.4 is 15.0 Å². The van der Waals surface area contributed by atoms with Crippen molar-refractivity contribution in [3.05, 3.63) is 102 Å². The topological polar surface area (TPSA) is 50.8 Å². The number of nitrogens with one attached hydrogen (secondary N) is 1. The van der Waals surface area contributed by atoms with Gasteiger partial charge in [-0.25, -0.2) is 4.79 Å². The molecule has 0 fully saturated rings. The Kier molecular flexibility index (Phi) is 6.68. The first-order chi connectivity index (χ1) is 17.1. The van der Waals surface area contributed by atoms with Crippen LogP contribution >= 0.6 is 0 Å². The van der Waals surface area contributed by atoms with Gasteiger partial charge in [-0.2, -0.15) is 0 Å². The van der Waals surface area contributed by atoms with Gasteiger partial charge in [0.25, 0.3) is 0 Å². The maximum absolute atomic E-state index is 11.8. The highest BCUT2D eigenvalue weighted by molar-refractivity contribution is 5.90. The van der Waals surface area contributed by atoms with Gasteiger partial charge in [0.2, 0.25) is 0 Å². The summed E-state index contributed by atoms with van der Waals surface area (Å²) < 4.78 is 11.2. The predicted molar refractivity (Wildman–Crippen MR) is 141 cm³/mol. The number of ether oxygens (including phenoxy) is 2. The van der Waals surface area contributed by atoms with Crippen LogP contribution in [0, 0.1) is 0 Å². The Morgan fingerprint density at radius 3 is 2.57 bits per heavy atom. The molecular formula is C30H30N2O3. The second-order valence-electron chi connectivity index (χ2n) is 8.89. The van der Waals surface area contributed by atoms with E-state index in [1.807, 2.05) is 42.5 Å². The molecule has 1 aliphatic heterocycles. The molecule has 0 aromatic heterocycles. The molecule has 5 heteroatoms. The molecule has 1 aliphatic rings. The number of rotatable bonds is 7. The predicted octanol–water partition coefficient (Wildman–Crippen LogP) is 6.27. The highest BCUT2D eigenvalue weighted by Gasteiger charge is 2.26. The average Bonchev–Trinajstić information content (AvgIpc) is 2.92. The van der Waals surface area contributed by atoms with E-state index in [1.54, 1.807) is 0 Å². The summed E-state index contributed by atoms with van der Waals surface area (Å²) in [6.45, 7) is 3.79. The van der Waals surface area contributed by atoms with Crippen LogP contribution in [0.3, 0.4) is 0 Å². The Labute approximate surface area is 206 Å². The third kappa shape index (κ3) is 4.86. The van der Waals surface area contributed by atoms with E-state index in [1.165, 1.54) is 23.4 Å². The van der Waals surface area contributed by atoms with E-state index in [9.17, 15) is 4.79 Å². The number of carbonyl (C=O) groups excluding carboxylic acids is 1. The number of carbonyl (C=O) groups is 1. The van der Waals surface area contributed by atoms with Crippen molar-refractivity contribution in [1.29, 1.82) is 0 Å². The Balaban J connectivity index is 1.28. The first-order valence-electron chi connectivity index (χ1n) is 12.1. The zero-order valence-electron chi connectivity index (χ0n) is 20.1. The standard InChI is InChI=1S/C30H30N2O3/c1-21(26-11-7-9-22-8-3-4-10-27(22)26)31-19-18-25-20-32(28-12-5-6-13-29(28)35-25)24-16-14-23(15-17-24)30(33)34-2/h3-17,21,25,31H,18-20H2,1-2H3/t21-,25?/m1/s1. The number of methoxy groups -OCH3 is 1. The maximum Gasteiger partial charge on any atom is 0.337 e. The lowest BCUT2D eigenvalue weighted by atomic mass is 9.99. The Morgan fingerprint density at radius 2 is 1.74 bits per heavy atom. The molecule has 0 spiro atoms. The van der Waals surface area contributed by atoms with E-state index in [2.05, 4.69) is 65.7 Å². The number of esters is 1. The van der Waals surface area contributed by atoms with Gasteiger partial charge in [0.15, 0.2) is 0 Å². The molecule has 0 amide bonds. The Bertz CT molecular complexity index is 1310. The van der Waals surface area contributed by atoms with Crippen molar-refractivity contribution in [2.75, 3.05) is 25.1 Å². The van der Waals surface area contributed by atoms with Gasteiger partial charge in [-0.05, 0) is 72.6 Å². The van der Waals surface area contributed by atoms with Crippen molar-refractivity contribution in [3.8, 4) is 5.75 Å². The number of benzene rings is 4. The molecule has 2 atom stereocenters. The fourth-order valence-corrected chi connectivity index (χ4v) is 4.79. The SMILES string of the molecule is COC(=O)c1ccc(N2CC(CCN[C@H](C)c3cccc4ccccc34)Oc3ccccc32)cc1. The van der Waals surface area contributed by atoms with Crippen molar-refractivity contribution >= 4 is 28.1 Å². The van der Waals surface area contributed by atoms with E-state index in [0.717, 1.165) is 36.6 Å². The van der Waals surface area contributed by atoms with Gasteiger partial charge < -0.3 is 19.7 Å². The lowest BCUT2D eigenvalue weighted by Crippen LogP contribution is -2.39. The van der Waals surface area contributed by atoms with Gasteiger partial charge in [0.05, 0.1) is 24.9 Å². The largest absolute Gasteiger partial charge is 0.486 e. The molecule has 1 N–H and O–H groups in total. The van der Waals surface area contributed by atoms with E-state index >= 15 is 0 Å². The smallest absolute Gasteiger partial charge is 0.337 e. The third-order valence-corrected chi connectivity index (χ3v) is 6.64. The molecule has 4 aromatic rings. The highest BCUT2D eigenvalue weighted by atomic mass is 16.5. The van der Waals surface area contributed by atoms with Crippen molar-refractivity contribution in [2.45, 2.75) is 25.5 Å². The molecule has 1 heterocycles. The van der Waals surface area contributed by atoms with Gasteiger partial charge in [0, 0.05) is 11.7 Å². The first-order valence-corrected chi connectivity index (χ1v) is 12.1. The maximum atomic E-state index is 11.8. The number of anilines is 2. The lowest BCUT2D eigenvalue weighted by molar-refractivity contribution is 0.0600. The van der Waals surface area contributed by atoms with E-state index in [0.29, 0.717) is 5.56 Å². The molecule has 4 aromatic carbocycles. The number of nitrogens with zero attached hydrogens (tertiary/aromatic N) is 1. The minimum Gasteiger partial charge on any atom is -0.486 e. The third-order valence-electron chi connectivity index (χ3n) is 6.64. The minimum absolute atomic E-state index is 0.0393. The summed E-state index contributed by atoms with van der Waals surface area (Å²) in [6, 6.07) is 30.9. The average molecular weight is 467 g/mol. The summed E-state index contributed by atoms with van der Waals surface area (Å²) in [4.78, 5) is 14.1. The van der Waals surface area contributed by atoms with E-state index < -0.39 is 0 Å². The minimum atomic E-state index is -0.330. The molecule has 0 aliphatic carbocycles. The van der Waals surface area contributed by atoms with Crippen LogP contribution in [-0.4, -0.2) is 32.3 Å². The molecule has 0 saturated carbocycles. The molecule has 1 unspecified atom stereocenters. The van der Waals surface area contributed by atoms with Crippen molar-refractivity contribution < 1.29 is 14.3 Å². The molecule has 0 saturated heterocycles. The van der Waals surface area contributed by atoms with Gasteiger partial charge in [-0.1, -0.05) is 54.6 Å². The van der Waals surface area contributed by atoms with Crippen LogP contribution in [0.2, 0.25) is 0 Å². The van der Waals surface area contributed by atoms with Crippen molar-refractivity contribution in [2.24, 2.45) is 0 Å². The van der Waals surface area contributed by atoms with Gasteiger partial charge >= 0.3 is 5.97 Å². The monoisotopic (exact) mass is 466 g/mol. The van der Waals surface area contributed by atoms with Crippen LogP contribution in [0.1, 0.15) is 35.3 Å². The van der Waals surface area contributed by atoms with Crippen LogP contribution in [0.5, 0.6) is 5.75 Å². The van der Waals surface area contributed by atoms with Gasteiger partial charge in [-0.3, -0.25) is 0 Å². The van der Waals surface area contributed by atoms with Crippen molar-refractivity contribution in [1.82, 2.24) is 5.32 Å². The summed E-state index contributed by atoms with van der Waals surface area (Å²) in [7, 11) is 1.40. The number of fused-ring (bicyclic) bond motifs is 2. The highest BCUT2D eigenvalue weighted by Crippen LogP contribution is 2.38. The van der Waals surface area contributed by atoms with Crippen molar-refractivity contribution in [3.63, 3.8) is 0 Å². The van der Waals surface area contributed by atoms with Gasteiger partial charge in [-0.15, -0.1) is 0 Å². The molecular weight excluding hydrogens is 436 g/mol. The van der Waals surface area contributed by atoms with Crippen LogP contribution in [0.15, 0.2) is 91.0 Å². The quantitative estimate of drug-likeness (QED) is 0.326. The molecule has 5 nitrogen and oxygen atoms in total. The first kappa shape index (κ1) is 22.9. The zero-order chi connectivity index (χ0) is 24.2. The Morgan fingerprint density at radius 1 is 1.00 bits per heavy atom. The Hall–Kier alpha value is -3.83. The lowest BCUT2D eigenvalue weighted by Gasteiger charge is -2.36. The number of para-hydroxylation sites is 2. The fraction of sp³-hybridized carbons (Fsp3) is 0.233. The van der Waals surface area contributed by atoms with E-state index in [4.69, 9.17) is 9.47 Å². The normalized spacial score (nSPS) is 15.8. The summed E-state index contributed by atoms with van der Waals surface area (Å²) >= 11 is 0. The van der Waals surface area contributed by atoms with Crippen LogP contribution in [0.25, 0.3) is 10.8 Å². The van der Waals surface area contributed by atoms with E-state index in [-0.39, 0.29) is 18.1 Å². The van der Waals surface area contributed by atoms with Crippen LogP contribution in [0.4, 0.5) is 11.4 Å². The van der Waals surface area contributed by atoms with Gasteiger partial charge in [0.1, 0.15) is 11.9 Å². The number of hydrogen-bond donors (Lipinski definition) is 1. The molecule has 178 valence electrons. The molecule has 0 bridgehead atoms. The summed E-state index contributed by atoms with van der Waals surface area (Å²) in [5.41, 5.74) is 3.91. The zero-order valence-corrected chi connectivity index (χ0v) is 20.1. The molecule has 35 heavy (non-hydrogen) atoms.